The van der Waals surface area contributed by atoms with Gasteiger partial charge in [-0.1, -0.05) is 17.7 Å². The van der Waals surface area contributed by atoms with Crippen LogP contribution in [0.1, 0.15) is 33.7 Å². The number of hydrogen-bond donors (Lipinski definition) is 1. The minimum atomic E-state index is -0.431. The predicted octanol–water partition coefficient (Wildman–Crippen LogP) is 3.25. The zero-order valence-electron chi connectivity index (χ0n) is 18.6. The highest BCUT2D eigenvalue weighted by Gasteiger charge is 2.42. The number of anilines is 1. The Balaban J connectivity index is 1.28. The lowest BCUT2D eigenvalue weighted by Crippen LogP contribution is -2.35. The summed E-state index contributed by atoms with van der Waals surface area (Å²) in [4.78, 5) is 41.1. The normalized spacial score (nSPS) is 20.4. The van der Waals surface area contributed by atoms with Gasteiger partial charge in [-0.05, 0) is 55.9 Å². The maximum absolute atomic E-state index is 13.0. The van der Waals surface area contributed by atoms with Crippen LogP contribution in [0, 0.1) is 32.6 Å². The molecule has 0 saturated carbocycles. The molecule has 0 aliphatic carbocycles. The smallest absolute Gasteiger partial charge is 0.336 e. The number of hydrogen-bond acceptors (Lipinski definition) is 5. The Kier molecular flexibility index (Phi) is 6.40. The number of likely N-dealkylation sites (tertiary alicyclic amines) is 2. The van der Waals surface area contributed by atoms with E-state index in [-0.39, 0.29) is 11.8 Å². The largest absolute Gasteiger partial charge is 0.427 e. The van der Waals surface area contributed by atoms with Gasteiger partial charge in [0.1, 0.15) is 5.76 Å². The topological polar surface area (TPSA) is 82.9 Å². The first-order chi connectivity index (χ1) is 15.2. The standard InChI is InChI=1S/C24H28ClN3O4/c1-14-4-5-19(9-20(14)25)26-21(29)6-7-27-10-17-12-28(13-18(17)11-27)24(31)23-15(2)8-22(30)32-16(23)3/h4-5,8-9,17-18H,6-7,10-13H2,1-3H3,(H,26,29). The van der Waals surface area contributed by atoms with Gasteiger partial charge in [-0.25, -0.2) is 4.79 Å². The average molecular weight is 458 g/mol. The van der Waals surface area contributed by atoms with Crippen molar-refractivity contribution in [1.29, 1.82) is 0 Å². The van der Waals surface area contributed by atoms with E-state index in [0.717, 1.165) is 18.7 Å². The van der Waals surface area contributed by atoms with Crippen LogP contribution in [-0.2, 0) is 4.79 Å². The third-order valence-corrected chi connectivity index (χ3v) is 6.92. The molecule has 1 N–H and O–H groups in total. The van der Waals surface area contributed by atoms with Crippen molar-refractivity contribution in [3.8, 4) is 0 Å². The molecule has 2 fully saturated rings. The minimum absolute atomic E-state index is 0.0321. The molecule has 0 bridgehead atoms. The van der Waals surface area contributed by atoms with E-state index in [4.69, 9.17) is 16.0 Å². The molecule has 170 valence electrons. The van der Waals surface area contributed by atoms with Crippen molar-refractivity contribution in [3.05, 3.63) is 62.2 Å². The molecular weight excluding hydrogens is 430 g/mol. The molecule has 2 aliphatic rings. The lowest BCUT2D eigenvalue weighted by Gasteiger charge is -2.22. The number of benzene rings is 1. The summed E-state index contributed by atoms with van der Waals surface area (Å²) in [6, 6.07) is 6.88. The lowest BCUT2D eigenvalue weighted by molar-refractivity contribution is -0.116. The van der Waals surface area contributed by atoms with Crippen molar-refractivity contribution < 1.29 is 14.0 Å². The van der Waals surface area contributed by atoms with Gasteiger partial charge in [0, 0.05) is 55.9 Å². The number of nitrogens with zero attached hydrogens (tertiary/aromatic N) is 2. The highest BCUT2D eigenvalue weighted by Crippen LogP contribution is 2.32. The van der Waals surface area contributed by atoms with Crippen LogP contribution in [0.25, 0.3) is 0 Å². The number of carbonyl (C=O) groups excluding carboxylic acids is 2. The summed E-state index contributed by atoms with van der Waals surface area (Å²) in [5.74, 6) is 1.07. The SMILES string of the molecule is Cc1ccc(NC(=O)CCN2CC3CN(C(=O)c4c(C)cc(=O)oc4C)CC3C2)cc1Cl. The van der Waals surface area contributed by atoms with Gasteiger partial charge >= 0.3 is 5.63 Å². The molecule has 1 aromatic carbocycles. The summed E-state index contributed by atoms with van der Waals surface area (Å²) >= 11 is 6.12. The van der Waals surface area contributed by atoms with E-state index >= 15 is 0 Å². The summed E-state index contributed by atoms with van der Waals surface area (Å²) in [6.07, 6.45) is 0.412. The zero-order chi connectivity index (χ0) is 23.0. The molecule has 2 aromatic rings. The van der Waals surface area contributed by atoms with Crippen LogP contribution in [0.5, 0.6) is 0 Å². The Bertz CT molecular complexity index is 1070. The fraction of sp³-hybridized carbons (Fsp3) is 0.458. The Morgan fingerprint density at radius 3 is 2.38 bits per heavy atom. The second-order valence-corrected chi connectivity index (χ2v) is 9.34. The number of carbonyl (C=O) groups is 2. The molecule has 3 heterocycles. The molecule has 0 spiro atoms. The van der Waals surface area contributed by atoms with Crippen molar-refractivity contribution >= 4 is 29.1 Å². The van der Waals surface area contributed by atoms with E-state index in [2.05, 4.69) is 10.2 Å². The molecule has 7 nitrogen and oxygen atoms in total. The predicted molar refractivity (Wildman–Crippen MR) is 123 cm³/mol. The number of fused-ring (bicyclic) bond motifs is 1. The molecule has 2 unspecified atom stereocenters. The Morgan fingerprint density at radius 2 is 1.75 bits per heavy atom. The highest BCUT2D eigenvalue weighted by atomic mass is 35.5. The van der Waals surface area contributed by atoms with Crippen LogP contribution in [0.2, 0.25) is 5.02 Å². The van der Waals surface area contributed by atoms with Crippen LogP contribution in [-0.4, -0.2) is 54.3 Å². The first-order valence-corrected chi connectivity index (χ1v) is 11.3. The summed E-state index contributed by atoms with van der Waals surface area (Å²) in [5, 5.41) is 3.54. The van der Waals surface area contributed by atoms with E-state index in [1.165, 1.54) is 6.07 Å². The van der Waals surface area contributed by atoms with Gasteiger partial charge in [-0.3, -0.25) is 9.59 Å². The van der Waals surface area contributed by atoms with Crippen molar-refractivity contribution in [3.63, 3.8) is 0 Å². The fourth-order valence-corrected chi connectivity index (χ4v) is 5.01. The molecule has 2 atom stereocenters. The maximum atomic E-state index is 13.0. The first kappa shape index (κ1) is 22.6. The van der Waals surface area contributed by atoms with Crippen LogP contribution in [0.15, 0.2) is 33.5 Å². The molecule has 2 aliphatic heterocycles. The highest BCUT2D eigenvalue weighted by molar-refractivity contribution is 6.31. The second kappa shape index (κ2) is 9.08. The van der Waals surface area contributed by atoms with Gasteiger partial charge in [0.05, 0.1) is 5.56 Å². The van der Waals surface area contributed by atoms with Crippen LogP contribution < -0.4 is 10.9 Å². The molecule has 8 heteroatoms. The third-order valence-electron chi connectivity index (χ3n) is 6.51. The van der Waals surface area contributed by atoms with E-state index < -0.39 is 5.63 Å². The Morgan fingerprint density at radius 1 is 1.06 bits per heavy atom. The number of rotatable bonds is 5. The molecular formula is C24H28ClN3O4. The van der Waals surface area contributed by atoms with E-state index in [0.29, 0.717) is 65.5 Å². The monoisotopic (exact) mass is 457 g/mol. The van der Waals surface area contributed by atoms with E-state index in [1.54, 1.807) is 19.9 Å². The van der Waals surface area contributed by atoms with Gasteiger partial charge in [-0.2, -0.15) is 0 Å². The van der Waals surface area contributed by atoms with Crippen LogP contribution in [0.4, 0.5) is 5.69 Å². The summed E-state index contributed by atoms with van der Waals surface area (Å²) in [5.41, 5.74) is 2.40. The Labute approximate surface area is 192 Å². The van der Waals surface area contributed by atoms with Gasteiger partial charge in [0.15, 0.2) is 0 Å². The zero-order valence-corrected chi connectivity index (χ0v) is 19.4. The third kappa shape index (κ3) is 4.74. The van der Waals surface area contributed by atoms with Crippen molar-refractivity contribution in [2.45, 2.75) is 27.2 Å². The van der Waals surface area contributed by atoms with Crippen molar-refractivity contribution in [1.82, 2.24) is 9.80 Å². The molecule has 2 saturated heterocycles. The summed E-state index contributed by atoms with van der Waals surface area (Å²) in [6.45, 7) is 9.17. The number of nitrogens with one attached hydrogen (secondary N) is 1. The van der Waals surface area contributed by atoms with Gasteiger partial charge < -0.3 is 19.5 Å². The maximum Gasteiger partial charge on any atom is 0.336 e. The van der Waals surface area contributed by atoms with Crippen LogP contribution >= 0.6 is 11.6 Å². The second-order valence-electron chi connectivity index (χ2n) is 8.93. The van der Waals surface area contributed by atoms with E-state index in [1.807, 2.05) is 24.0 Å². The molecule has 4 rings (SSSR count). The number of aryl methyl sites for hydroxylation is 3. The fourth-order valence-electron chi connectivity index (χ4n) is 4.83. The first-order valence-electron chi connectivity index (χ1n) is 10.9. The molecule has 2 amide bonds. The van der Waals surface area contributed by atoms with E-state index in [9.17, 15) is 14.4 Å². The quantitative estimate of drug-likeness (QED) is 0.745. The van der Waals surface area contributed by atoms with Gasteiger partial charge in [0.2, 0.25) is 5.91 Å². The van der Waals surface area contributed by atoms with Crippen LogP contribution in [0.3, 0.4) is 0 Å². The molecule has 1 aromatic heterocycles. The molecule has 0 radical (unpaired) electrons. The number of halogens is 1. The van der Waals surface area contributed by atoms with Crippen molar-refractivity contribution in [2.24, 2.45) is 11.8 Å². The van der Waals surface area contributed by atoms with Gasteiger partial charge in [0.25, 0.3) is 5.91 Å². The average Bonchev–Trinajstić information content (AvgIpc) is 3.27. The number of amides is 2. The Hall–Kier alpha value is -2.64. The summed E-state index contributed by atoms with van der Waals surface area (Å²) < 4.78 is 5.13. The molecule has 32 heavy (non-hydrogen) atoms. The minimum Gasteiger partial charge on any atom is -0.427 e. The van der Waals surface area contributed by atoms with Gasteiger partial charge in [-0.15, -0.1) is 0 Å². The van der Waals surface area contributed by atoms with Crippen molar-refractivity contribution in [2.75, 3.05) is 38.0 Å². The summed E-state index contributed by atoms with van der Waals surface area (Å²) in [7, 11) is 0. The lowest BCUT2D eigenvalue weighted by atomic mass is 10.0.